The summed E-state index contributed by atoms with van der Waals surface area (Å²) in [6.07, 6.45) is 3.41. The second-order valence-corrected chi connectivity index (χ2v) is 7.88. The number of piperazine rings is 1. The molecule has 1 unspecified atom stereocenters. The van der Waals surface area contributed by atoms with E-state index in [0.29, 0.717) is 24.5 Å². The normalized spacial score (nSPS) is 20.0. The molecule has 1 aliphatic heterocycles. The number of halogens is 1. The monoisotopic (exact) mass is 381 g/mol. The molecule has 2 heterocycles. The Kier molecular flexibility index (Phi) is 4.58. The van der Waals surface area contributed by atoms with Crippen molar-refractivity contribution in [2.45, 2.75) is 10.9 Å². The Morgan fingerprint density at radius 2 is 2.00 bits per heavy atom. The first-order valence-electron chi connectivity index (χ1n) is 6.97. The smallest absolute Gasteiger partial charge is 0.243 e. The molecular weight excluding hydrogens is 366 g/mol. The van der Waals surface area contributed by atoms with E-state index in [4.69, 9.17) is 0 Å². The zero-order chi connectivity index (χ0) is 15.6. The molecule has 1 aromatic heterocycles. The van der Waals surface area contributed by atoms with Gasteiger partial charge in [-0.05, 0) is 35.9 Å². The third kappa shape index (κ3) is 3.08. The summed E-state index contributed by atoms with van der Waals surface area (Å²) in [5, 5.41) is 3.25. The van der Waals surface area contributed by atoms with E-state index < -0.39 is 10.0 Å². The van der Waals surface area contributed by atoms with Gasteiger partial charge in [0.2, 0.25) is 10.0 Å². The number of nitrogens with zero attached hydrogens (tertiary/aromatic N) is 2. The van der Waals surface area contributed by atoms with Crippen molar-refractivity contribution in [2.75, 3.05) is 19.6 Å². The highest BCUT2D eigenvalue weighted by Gasteiger charge is 2.34. The van der Waals surface area contributed by atoms with Gasteiger partial charge in [0.15, 0.2) is 0 Å². The van der Waals surface area contributed by atoms with Gasteiger partial charge >= 0.3 is 0 Å². The number of hydrogen-bond donors (Lipinski definition) is 1. The molecule has 0 radical (unpaired) electrons. The SMILES string of the molecule is O=S(=O)(c1ccc(Br)cc1)N1CCNCC1c1cccnc1. The summed E-state index contributed by atoms with van der Waals surface area (Å²) in [7, 11) is -3.53. The van der Waals surface area contributed by atoms with Crippen LogP contribution in [0.5, 0.6) is 0 Å². The summed E-state index contributed by atoms with van der Waals surface area (Å²) < 4.78 is 28.3. The van der Waals surface area contributed by atoms with Crippen molar-refractivity contribution < 1.29 is 8.42 Å². The highest BCUT2D eigenvalue weighted by atomic mass is 79.9. The number of sulfonamides is 1. The van der Waals surface area contributed by atoms with Crippen molar-refractivity contribution in [1.29, 1.82) is 0 Å². The zero-order valence-corrected chi connectivity index (χ0v) is 14.2. The van der Waals surface area contributed by atoms with Crippen molar-refractivity contribution in [3.63, 3.8) is 0 Å². The van der Waals surface area contributed by atoms with Crippen molar-refractivity contribution in [2.24, 2.45) is 0 Å². The van der Waals surface area contributed by atoms with E-state index >= 15 is 0 Å². The summed E-state index contributed by atoms with van der Waals surface area (Å²) in [5.41, 5.74) is 0.899. The number of nitrogens with one attached hydrogen (secondary N) is 1. The van der Waals surface area contributed by atoms with Gasteiger partial charge in [0.25, 0.3) is 0 Å². The molecular formula is C15H16BrN3O2S. The van der Waals surface area contributed by atoms with Crippen LogP contribution >= 0.6 is 15.9 Å². The van der Waals surface area contributed by atoms with E-state index in [1.54, 1.807) is 41.0 Å². The molecule has 2 aromatic rings. The predicted molar refractivity (Wildman–Crippen MR) is 87.9 cm³/mol. The lowest BCUT2D eigenvalue weighted by atomic mass is 10.1. The lowest BCUT2D eigenvalue weighted by Crippen LogP contribution is -2.48. The molecule has 1 aromatic carbocycles. The topological polar surface area (TPSA) is 62.3 Å². The van der Waals surface area contributed by atoms with Gasteiger partial charge in [0, 0.05) is 36.5 Å². The molecule has 0 bridgehead atoms. The molecule has 1 N–H and O–H groups in total. The van der Waals surface area contributed by atoms with Gasteiger partial charge in [0.1, 0.15) is 0 Å². The average molecular weight is 382 g/mol. The summed E-state index contributed by atoms with van der Waals surface area (Å²) in [4.78, 5) is 4.42. The fraction of sp³-hybridized carbons (Fsp3) is 0.267. The maximum atomic E-state index is 12.9. The van der Waals surface area contributed by atoms with Crippen LogP contribution < -0.4 is 5.32 Å². The van der Waals surface area contributed by atoms with E-state index in [0.717, 1.165) is 10.0 Å². The van der Waals surface area contributed by atoms with Crippen molar-refractivity contribution in [1.82, 2.24) is 14.6 Å². The van der Waals surface area contributed by atoms with Crippen molar-refractivity contribution in [3.05, 3.63) is 58.8 Å². The Hall–Kier alpha value is -1.28. The molecule has 0 saturated carbocycles. The minimum absolute atomic E-state index is 0.240. The standard InChI is InChI=1S/C15H16BrN3O2S/c16-13-3-5-14(6-4-13)22(20,21)19-9-8-18-11-15(19)12-2-1-7-17-10-12/h1-7,10,15,18H,8-9,11H2. The first-order chi connectivity index (χ1) is 10.6. The van der Waals surface area contributed by atoms with Gasteiger partial charge in [-0.25, -0.2) is 8.42 Å². The zero-order valence-electron chi connectivity index (χ0n) is 11.8. The fourth-order valence-corrected chi connectivity index (χ4v) is 4.45. The second kappa shape index (κ2) is 6.45. The molecule has 0 amide bonds. The number of rotatable bonds is 3. The Morgan fingerprint density at radius 1 is 1.23 bits per heavy atom. The van der Waals surface area contributed by atoms with Gasteiger partial charge in [-0.2, -0.15) is 4.31 Å². The Balaban J connectivity index is 1.98. The summed E-state index contributed by atoms with van der Waals surface area (Å²) in [5.74, 6) is 0. The molecule has 1 saturated heterocycles. The largest absolute Gasteiger partial charge is 0.313 e. The van der Waals surface area contributed by atoms with Gasteiger partial charge in [0.05, 0.1) is 10.9 Å². The number of pyridine rings is 1. The second-order valence-electron chi connectivity index (χ2n) is 5.08. The van der Waals surface area contributed by atoms with Crippen LogP contribution in [0.2, 0.25) is 0 Å². The molecule has 3 rings (SSSR count). The summed E-state index contributed by atoms with van der Waals surface area (Å²) in [6, 6.07) is 10.2. The molecule has 22 heavy (non-hydrogen) atoms. The van der Waals surface area contributed by atoms with Gasteiger partial charge < -0.3 is 5.32 Å². The van der Waals surface area contributed by atoms with Crippen molar-refractivity contribution >= 4 is 26.0 Å². The van der Waals surface area contributed by atoms with Crippen LogP contribution in [0.4, 0.5) is 0 Å². The van der Waals surface area contributed by atoms with E-state index in [1.165, 1.54) is 0 Å². The van der Waals surface area contributed by atoms with Gasteiger partial charge in [-0.15, -0.1) is 0 Å². The summed E-state index contributed by atoms with van der Waals surface area (Å²) in [6.45, 7) is 1.67. The van der Waals surface area contributed by atoms with E-state index in [9.17, 15) is 8.42 Å². The molecule has 116 valence electrons. The van der Waals surface area contributed by atoms with Crippen LogP contribution in [-0.4, -0.2) is 37.3 Å². The molecule has 0 spiro atoms. The third-order valence-corrected chi connectivity index (χ3v) is 6.13. The lowest BCUT2D eigenvalue weighted by molar-refractivity contribution is 0.271. The Bertz CT molecular complexity index is 735. The van der Waals surface area contributed by atoms with E-state index in [2.05, 4.69) is 26.2 Å². The Labute approximate surface area is 138 Å². The first-order valence-corrected chi connectivity index (χ1v) is 9.20. The molecule has 1 aliphatic rings. The van der Waals surface area contributed by atoms with Crippen LogP contribution in [0.15, 0.2) is 58.2 Å². The quantitative estimate of drug-likeness (QED) is 0.884. The molecule has 1 fully saturated rings. The number of benzene rings is 1. The maximum Gasteiger partial charge on any atom is 0.243 e. The first kappa shape index (κ1) is 15.6. The van der Waals surface area contributed by atoms with Crippen LogP contribution in [0.1, 0.15) is 11.6 Å². The van der Waals surface area contributed by atoms with Crippen LogP contribution in [0.25, 0.3) is 0 Å². The van der Waals surface area contributed by atoms with Crippen molar-refractivity contribution in [3.8, 4) is 0 Å². The predicted octanol–water partition coefficient (Wildman–Crippen LogP) is 2.18. The summed E-state index contributed by atoms with van der Waals surface area (Å²) >= 11 is 3.33. The minimum Gasteiger partial charge on any atom is -0.313 e. The lowest BCUT2D eigenvalue weighted by Gasteiger charge is -2.35. The highest BCUT2D eigenvalue weighted by molar-refractivity contribution is 9.10. The van der Waals surface area contributed by atoms with Gasteiger partial charge in [-0.3, -0.25) is 4.98 Å². The van der Waals surface area contributed by atoms with Gasteiger partial charge in [-0.1, -0.05) is 22.0 Å². The van der Waals surface area contributed by atoms with E-state index in [1.807, 2.05) is 12.1 Å². The highest BCUT2D eigenvalue weighted by Crippen LogP contribution is 2.28. The van der Waals surface area contributed by atoms with E-state index in [-0.39, 0.29) is 6.04 Å². The fourth-order valence-electron chi connectivity index (χ4n) is 2.57. The number of aromatic nitrogens is 1. The molecule has 7 heteroatoms. The Morgan fingerprint density at radius 3 is 2.68 bits per heavy atom. The minimum atomic E-state index is -3.53. The maximum absolute atomic E-state index is 12.9. The molecule has 5 nitrogen and oxygen atoms in total. The molecule has 1 atom stereocenters. The number of hydrogen-bond acceptors (Lipinski definition) is 4. The third-order valence-electron chi connectivity index (χ3n) is 3.68. The van der Waals surface area contributed by atoms with Crippen LogP contribution in [0.3, 0.4) is 0 Å². The average Bonchev–Trinajstić information content (AvgIpc) is 2.56. The van der Waals surface area contributed by atoms with Crippen LogP contribution in [0, 0.1) is 0 Å². The van der Waals surface area contributed by atoms with Crippen LogP contribution in [-0.2, 0) is 10.0 Å². The molecule has 0 aliphatic carbocycles.